The van der Waals surface area contributed by atoms with Crippen molar-refractivity contribution in [1.29, 1.82) is 0 Å². The first kappa shape index (κ1) is 21.2. The van der Waals surface area contributed by atoms with Gasteiger partial charge in [0.2, 0.25) is 0 Å². The van der Waals surface area contributed by atoms with Crippen molar-refractivity contribution in [2.75, 3.05) is 0 Å². The highest BCUT2D eigenvalue weighted by molar-refractivity contribution is 5.92. The van der Waals surface area contributed by atoms with Gasteiger partial charge in [-0.15, -0.1) is 0 Å². The molecule has 0 bridgehead atoms. The van der Waals surface area contributed by atoms with E-state index in [4.69, 9.17) is 14.6 Å². The maximum atomic E-state index is 12.5. The number of hydrogen-bond acceptors (Lipinski definition) is 5. The van der Waals surface area contributed by atoms with E-state index in [0.717, 1.165) is 57.4 Å². The zero-order valence-electron chi connectivity index (χ0n) is 15.2. The second-order valence-electron chi connectivity index (χ2n) is 6.59. The van der Waals surface area contributed by atoms with E-state index in [9.17, 15) is 14.4 Å². The Hall–Kier alpha value is -1.85. The Morgan fingerprint density at radius 1 is 1.16 bits per heavy atom. The van der Waals surface area contributed by atoms with E-state index in [1.54, 1.807) is 0 Å². The Balaban J connectivity index is 2.71. The van der Waals surface area contributed by atoms with Crippen molar-refractivity contribution < 1.29 is 29.0 Å². The van der Waals surface area contributed by atoms with Crippen molar-refractivity contribution in [3.8, 4) is 0 Å². The summed E-state index contributed by atoms with van der Waals surface area (Å²) in [5.41, 5.74) is 0. The van der Waals surface area contributed by atoms with E-state index in [0.29, 0.717) is 12.5 Å². The molecule has 1 N–H and O–H groups in total. The summed E-state index contributed by atoms with van der Waals surface area (Å²) < 4.78 is 10.7. The SMILES string of the molecule is CCCCC(CC)CC(OC(=O)/C=C/C(=O)O)C(=O)OC1CCCC1. The summed E-state index contributed by atoms with van der Waals surface area (Å²) in [5.74, 6) is -2.33. The highest BCUT2D eigenvalue weighted by atomic mass is 16.6. The van der Waals surface area contributed by atoms with Crippen molar-refractivity contribution in [3.05, 3.63) is 12.2 Å². The maximum absolute atomic E-state index is 12.5. The largest absolute Gasteiger partial charge is 0.478 e. The third-order valence-corrected chi connectivity index (χ3v) is 4.56. The fourth-order valence-electron chi connectivity index (χ4n) is 3.04. The number of esters is 2. The van der Waals surface area contributed by atoms with Gasteiger partial charge in [-0.1, -0.05) is 39.5 Å². The molecule has 1 fully saturated rings. The van der Waals surface area contributed by atoms with Gasteiger partial charge in [0.25, 0.3) is 0 Å². The molecule has 0 spiro atoms. The molecule has 2 unspecified atom stereocenters. The second kappa shape index (κ2) is 11.7. The van der Waals surface area contributed by atoms with Crippen LogP contribution in [0.5, 0.6) is 0 Å². The molecular formula is C19H30O6. The average Bonchev–Trinajstić information content (AvgIpc) is 3.08. The molecule has 0 radical (unpaired) electrons. The van der Waals surface area contributed by atoms with Gasteiger partial charge in [-0.3, -0.25) is 0 Å². The molecule has 0 aromatic rings. The topological polar surface area (TPSA) is 89.9 Å². The van der Waals surface area contributed by atoms with E-state index >= 15 is 0 Å². The fourth-order valence-corrected chi connectivity index (χ4v) is 3.04. The van der Waals surface area contributed by atoms with Gasteiger partial charge < -0.3 is 14.6 Å². The van der Waals surface area contributed by atoms with Crippen molar-refractivity contribution in [2.45, 2.75) is 83.8 Å². The molecule has 6 heteroatoms. The summed E-state index contributed by atoms with van der Waals surface area (Å²) in [4.78, 5) is 34.8. The standard InChI is InChI=1S/C19H30O6/c1-3-5-8-14(4-2)13-16(25-18(22)12-11-17(20)21)19(23)24-15-9-6-7-10-15/h11-12,14-16H,3-10,13H2,1-2H3,(H,20,21)/b12-11+. The monoisotopic (exact) mass is 354 g/mol. The molecule has 1 aliphatic carbocycles. The lowest BCUT2D eigenvalue weighted by atomic mass is 9.93. The quantitative estimate of drug-likeness (QED) is 0.450. The molecule has 0 aromatic heterocycles. The van der Waals surface area contributed by atoms with Crippen LogP contribution < -0.4 is 0 Å². The highest BCUT2D eigenvalue weighted by Gasteiger charge is 2.30. The second-order valence-corrected chi connectivity index (χ2v) is 6.59. The number of carbonyl (C=O) groups is 3. The van der Waals surface area contributed by atoms with Gasteiger partial charge in [-0.2, -0.15) is 0 Å². The van der Waals surface area contributed by atoms with Gasteiger partial charge in [-0.25, -0.2) is 14.4 Å². The number of carbonyl (C=O) groups excluding carboxylic acids is 2. The van der Waals surface area contributed by atoms with Crippen LogP contribution in [0.25, 0.3) is 0 Å². The van der Waals surface area contributed by atoms with Crippen LogP contribution in [-0.4, -0.2) is 35.2 Å². The third-order valence-electron chi connectivity index (χ3n) is 4.56. The van der Waals surface area contributed by atoms with Crippen LogP contribution in [0.3, 0.4) is 0 Å². The number of hydrogen-bond donors (Lipinski definition) is 1. The lowest BCUT2D eigenvalue weighted by Crippen LogP contribution is -2.33. The Kier molecular flexibility index (Phi) is 9.88. The number of carboxylic acid groups (broad SMARTS) is 1. The van der Waals surface area contributed by atoms with Crippen LogP contribution in [0.1, 0.15) is 71.6 Å². The molecule has 1 rings (SSSR count). The number of ether oxygens (including phenoxy) is 2. The van der Waals surface area contributed by atoms with Gasteiger partial charge in [0.05, 0.1) is 0 Å². The number of aliphatic carboxylic acids is 1. The van der Waals surface area contributed by atoms with Gasteiger partial charge >= 0.3 is 17.9 Å². The van der Waals surface area contributed by atoms with Gasteiger partial charge in [0.15, 0.2) is 6.10 Å². The number of carboxylic acids is 1. The lowest BCUT2D eigenvalue weighted by molar-refractivity contribution is -0.170. The fraction of sp³-hybridized carbons (Fsp3) is 0.737. The van der Waals surface area contributed by atoms with Crippen molar-refractivity contribution in [3.63, 3.8) is 0 Å². The predicted octanol–water partition coefficient (Wildman–Crippen LogP) is 3.63. The summed E-state index contributed by atoms with van der Waals surface area (Å²) in [6.07, 6.45) is 8.60. The first-order chi connectivity index (χ1) is 12.0. The summed E-state index contributed by atoms with van der Waals surface area (Å²) in [5, 5.41) is 8.59. The molecule has 1 saturated carbocycles. The molecule has 0 aliphatic heterocycles. The molecule has 25 heavy (non-hydrogen) atoms. The molecular weight excluding hydrogens is 324 g/mol. The normalized spacial score (nSPS) is 17.4. The molecule has 0 saturated heterocycles. The summed E-state index contributed by atoms with van der Waals surface area (Å²) >= 11 is 0. The molecule has 6 nitrogen and oxygen atoms in total. The Morgan fingerprint density at radius 3 is 2.40 bits per heavy atom. The van der Waals surface area contributed by atoms with Crippen LogP contribution in [-0.2, 0) is 23.9 Å². The first-order valence-corrected chi connectivity index (χ1v) is 9.28. The van der Waals surface area contributed by atoms with E-state index < -0.39 is 24.0 Å². The van der Waals surface area contributed by atoms with Crippen LogP contribution in [0, 0.1) is 5.92 Å². The van der Waals surface area contributed by atoms with Gasteiger partial charge in [-0.05, 0) is 38.0 Å². The van der Waals surface area contributed by atoms with Gasteiger partial charge in [0.1, 0.15) is 6.10 Å². The minimum atomic E-state index is -1.24. The lowest BCUT2D eigenvalue weighted by Gasteiger charge is -2.23. The Bertz CT molecular complexity index is 465. The molecule has 0 aromatic carbocycles. The summed E-state index contributed by atoms with van der Waals surface area (Å²) in [6.45, 7) is 4.15. The molecule has 0 amide bonds. The Morgan fingerprint density at radius 2 is 1.84 bits per heavy atom. The maximum Gasteiger partial charge on any atom is 0.347 e. The molecule has 1 aliphatic rings. The zero-order valence-corrected chi connectivity index (χ0v) is 15.2. The predicted molar refractivity (Wildman–Crippen MR) is 92.9 cm³/mol. The summed E-state index contributed by atoms with van der Waals surface area (Å²) in [7, 11) is 0. The van der Waals surface area contributed by atoms with Crippen LogP contribution in [0.4, 0.5) is 0 Å². The van der Waals surface area contributed by atoms with Crippen molar-refractivity contribution >= 4 is 17.9 Å². The highest BCUT2D eigenvalue weighted by Crippen LogP contribution is 2.25. The zero-order chi connectivity index (χ0) is 18.7. The van der Waals surface area contributed by atoms with Crippen LogP contribution in [0.15, 0.2) is 12.2 Å². The average molecular weight is 354 g/mol. The van der Waals surface area contributed by atoms with E-state index in [2.05, 4.69) is 6.92 Å². The van der Waals surface area contributed by atoms with Crippen molar-refractivity contribution in [1.82, 2.24) is 0 Å². The minimum Gasteiger partial charge on any atom is -0.478 e. The molecule has 0 heterocycles. The molecule has 142 valence electrons. The minimum absolute atomic E-state index is 0.0982. The van der Waals surface area contributed by atoms with E-state index in [-0.39, 0.29) is 12.0 Å². The van der Waals surface area contributed by atoms with E-state index in [1.165, 1.54) is 0 Å². The third kappa shape index (κ3) is 8.70. The Labute approximate surface area is 149 Å². The van der Waals surface area contributed by atoms with Crippen LogP contribution in [0.2, 0.25) is 0 Å². The summed E-state index contributed by atoms with van der Waals surface area (Å²) in [6, 6.07) is 0. The molecule has 2 atom stereocenters. The number of rotatable bonds is 11. The van der Waals surface area contributed by atoms with Crippen molar-refractivity contribution in [2.24, 2.45) is 5.92 Å². The number of unbranched alkanes of at least 4 members (excludes halogenated alkanes) is 1. The van der Waals surface area contributed by atoms with Gasteiger partial charge in [0, 0.05) is 12.2 Å². The first-order valence-electron chi connectivity index (χ1n) is 9.28. The van der Waals surface area contributed by atoms with Crippen LogP contribution >= 0.6 is 0 Å². The smallest absolute Gasteiger partial charge is 0.347 e. The van der Waals surface area contributed by atoms with E-state index in [1.807, 2.05) is 6.92 Å².